The molecule has 0 radical (unpaired) electrons. The highest BCUT2D eigenvalue weighted by atomic mass is 16.2. The number of rotatable bonds is 3. The molecular formula is C24H24N4O. The highest BCUT2D eigenvalue weighted by Crippen LogP contribution is 2.30. The number of carbonyl (C=O) groups is 1. The number of piperidine rings is 1. The molecule has 1 aliphatic heterocycles. The minimum Gasteiger partial charge on any atom is -0.339 e. The first-order chi connectivity index (χ1) is 14.1. The minimum atomic E-state index is 0.0886. The van der Waals surface area contributed by atoms with Crippen molar-refractivity contribution in [2.45, 2.75) is 32.6 Å². The number of nitrogens with zero attached hydrogens (tertiary/aromatic N) is 3. The molecule has 1 aliphatic rings. The Hall–Kier alpha value is -3.39. The Morgan fingerprint density at radius 1 is 1.10 bits per heavy atom. The molecule has 5 nitrogen and oxygen atoms in total. The first-order valence-electron chi connectivity index (χ1n) is 9.97. The lowest BCUT2D eigenvalue weighted by Crippen LogP contribution is -2.37. The van der Waals surface area contributed by atoms with E-state index in [1.807, 2.05) is 60.5 Å². The normalized spacial score (nSPS) is 14.6. The molecule has 3 aromatic rings. The number of carbonyl (C=O) groups excluding carboxylic acids is 1. The van der Waals surface area contributed by atoms with Gasteiger partial charge in [0, 0.05) is 30.4 Å². The van der Waals surface area contributed by atoms with Gasteiger partial charge in [0.1, 0.15) is 0 Å². The van der Waals surface area contributed by atoms with E-state index in [-0.39, 0.29) is 5.91 Å². The van der Waals surface area contributed by atoms with E-state index in [1.54, 1.807) is 0 Å². The Balaban J connectivity index is 1.47. The minimum absolute atomic E-state index is 0.0886. The zero-order valence-corrected chi connectivity index (χ0v) is 16.8. The second-order valence-electron chi connectivity index (χ2n) is 7.71. The van der Waals surface area contributed by atoms with Crippen molar-refractivity contribution in [2.75, 3.05) is 13.1 Å². The van der Waals surface area contributed by atoms with Crippen LogP contribution in [-0.4, -0.2) is 34.1 Å². The molecule has 0 bridgehead atoms. The number of hydrogen-bond acceptors (Lipinski definition) is 3. The Morgan fingerprint density at radius 3 is 2.45 bits per heavy atom. The van der Waals surface area contributed by atoms with Crippen LogP contribution in [-0.2, 0) is 0 Å². The first kappa shape index (κ1) is 18.9. The van der Waals surface area contributed by atoms with Crippen molar-refractivity contribution in [3.8, 4) is 17.2 Å². The number of aryl methyl sites for hydroxylation is 2. The van der Waals surface area contributed by atoms with E-state index >= 15 is 0 Å². The molecule has 1 saturated heterocycles. The van der Waals surface area contributed by atoms with E-state index in [1.165, 1.54) is 5.56 Å². The van der Waals surface area contributed by atoms with Crippen LogP contribution < -0.4 is 0 Å². The molecule has 1 N–H and O–H groups in total. The fourth-order valence-corrected chi connectivity index (χ4v) is 4.10. The predicted molar refractivity (Wildman–Crippen MR) is 113 cm³/mol. The molecule has 0 saturated carbocycles. The standard InChI is InChI=1S/C24H24N4O/c1-16-3-6-21(13-22(16)23-15-26-27-17(23)2)24(29)28-11-9-20(10-12-28)19-7-4-18(14-25)5-8-19/h3-8,13,15,20H,9-12H2,1-2H3,(H,26,27). The van der Waals surface area contributed by atoms with Gasteiger partial charge in [-0.15, -0.1) is 0 Å². The molecule has 146 valence electrons. The lowest BCUT2D eigenvalue weighted by atomic mass is 9.88. The number of nitrogens with one attached hydrogen (secondary N) is 1. The van der Waals surface area contributed by atoms with Gasteiger partial charge in [0.25, 0.3) is 5.91 Å². The van der Waals surface area contributed by atoms with Gasteiger partial charge in [0.05, 0.1) is 17.3 Å². The molecule has 4 rings (SSSR count). The topological polar surface area (TPSA) is 72.8 Å². The Labute approximate surface area is 171 Å². The third kappa shape index (κ3) is 3.79. The van der Waals surface area contributed by atoms with Gasteiger partial charge in [0.15, 0.2) is 0 Å². The number of aromatic nitrogens is 2. The van der Waals surface area contributed by atoms with Gasteiger partial charge >= 0.3 is 0 Å². The predicted octanol–water partition coefficient (Wildman–Crippen LogP) is 4.59. The number of nitriles is 1. The molecule has 2 aromatic carbocycles. The second kappa shape index (κ2) is 7.92. The van der Waals surface area contributed by atoms with E-state index in [9.17, 15) is 4.79 Å². The zero-order valence-electron chi connectivity index (χ0n) is 16.8. The van der Waals surface area contributed by atoms with Crippen LogP contribution in [0.4, 0.5) is 0 Å². The van der Waals surface area contributed by atoms with Crippen LogP contribution in [0.2, 0.25) is 0 Å². The molecule has 0 unspecified atom stereocenters. The van der Waals surface area contributed by atoms with Crippen molar-refractivity contribution in [3.05, 3.63) is 76.6 Å². The Bertz CT molecular complexity index is 1070. The molecule has 1 aromatic heterocycles. The second-order valence-corrected chi connectivity index (χ2v) is 7.71. The first-order valence-corrected chi connectivity index (χ1v) is 9.97. The van der Waals surface area contributed by atoms with Crippen molar-refractivity contribution in [1.29, 1.82) is 5.26 Å². The molecule has 5 heteroatoms. The van der Waals surface area contributed by atoms with Crippen LogP contribution in [0.15, 0.2) is 48.7 Å². The smallest absolute Gasteiger partial charge is 0.253 e. The zero-order chi connectivity index (χ0) is 20.4. The van der Waals surface area contributed by atoms with E-state index in [4.69, 9.17) is 5.26 Å². The fraction of sp³-hybridized carbons (Fsp3) is 0.292. The number of aromatic amines is 1. The molecule has 0 atom stereocenters. The highest BCUT2D eigenvalue weighted by molar-refractivity contribution is 5.96. The summed E-state index contributed by atoms with van der Waals surface area (Å²) in [5.74, 6) is 0.527. The molecule has 1 amide bonds. The summed E-state index contributed by atoms with van der Waals surface area (Å²) in [5.41, 5.74) is 6.81. The summed E-state index contributed by atoms with van der Waals surface area (Å²) in [6, 6.07) is 15.9. The molecule has 1 fully saturated rings. The molecule has 0 spiro atoms. The summed E-state index contributed by atoms with van der Waals surface area (Å²) >= 11 is 0. The maximum absolute atomic E-state index is 13.1. The summed E-state index contributed by atoms with van der Waals surface area (Å²) in [5, 5.41) is 16.1. The van der Waals surface area contributed by atoms with E-state index in [0.29, 0.717) is 11.5 Å². The quantitative estimate of drug-likeness (QED) is 0.718. The summed E-state index contributed by atoms with van der Waals surface area (Å²) < 4.78 is 0. The third-order valence-electron chi connectivity index (χ3n) is 5.90. The van der Waals surface area contributed by atoms with Gasteiger partial charge in [-0.1, -0.05) is 18.2 Å². The monoisotopic (exact) mass is 384 g/mol. The van der Waals surface area contributed by atoms with Crippen molar-refractivity contribution in [2.24, 2.45) is 0 Å². The number of hydrogen-bond donors (Lipinski definition) is 1. The average Bonchev–Trinajstić information content (AvgIpc) is 3.19. The molecule has 0 aliphatic carbocycles. The van der Waals surface area contributed by atoms with E-state index in [0.717, 1.165) is 53.9 Å². The third-order valence-corrected chi connectivity index (χ3v) is 5.90. The van der Waals surface area contributed by atoms with Crippen LogP contribution in [0, 0.1) is 25.2 Å². The molecular weight excluding hydrogens is 360 g/mol. The summed E-state index contributed by atoms with van der Waals surface area (Å²) in [6.45, 7) is 5.52. The van der Waals surface area contributed by atoms with Gasteiger partial charge in [-0.3, -0.25) is 9.89 Å². The number of benzene rings is 2. The Morgan fingerprint density at radius 2 is 1.83 bits per heavy atom. The largest absolute Gasteiger partial charge is 0.339 e. The van der Waals surface area contributed by atoms with Crippen LogP contribution in [0.5, 0.6) is 0 Å². The van der Waals surface area contributed by atoms with Crippen LogP contribution in [0.1, 0.15) is 51.5 Å². The van der Waals surface area contributed by atoms with Gasteiger partial charge in [-0.2, -0.15) is 10.4 Å². The highest BCUT2D eigenvalue weighted by Gasteiger charge is 2.25. The van der Waals surface area contributed by atoms with Gasteiger partial charge in [0.2, 0.25) is 0 Å². The number of likely N-dealkylation sites (tertiary alicyclic amines) is 1. The lowest BCUT2D eigenvalue weighted by molar-refractivity contribution is 0.0713. The molecule has 2 heterocycles. The SMILES string of the molecule is Cc1ccc(C(=O)N2CCC(c3ccc(C#N)cc3)CC2)cc1-c1c[nH]nc1C. The van der Waals surface area contributed by atoms with Crippen molar-refractivity contribution < 1.29 is 4.79 Å². The maximum atomic E-state index is 13.1. The van der Waals surface area contributed by atoms with Crippen LogP contribution in [0.25, 0.3) is 11.1 Å². The van der Waals surface area contributed by atoms with Gasteiger partial charge < -0.3 is 4.90 Å². The van der Waals surface area contributed by atoms with Gasteiger partial charge in [-0.25, -0.2) is 0 Å². The van der Waals surface area contributed by atoms with E-state index < -0.39 is 0 Å². The average molecular weight is 384 g/mol. The summed E-state index contributed by atoms with van der Waals surface area (Å²) in [4.78, 5) is 15.1. The van der Waals surface area contributed by atoms with Crippen molar-refractivity contribution >= 4 is 5.91 Å². The fourth-order valence-electron chi connectivity index (χ4n) is 4.10. The van der Waals surface area contributed by atoms with Crippen LogP contribution in [0.3, 0.4) is 0 Å². The summed E-state index contributed by atoms with van der Waals surface area (Å²) in [6.07, 6.45) is 3.77. The number of H-pyrrole nitrogens is 1. The van der Waals surface area contributed by atoms with Gasteiger partial charge in [-0.05, 0) is 73.6 Å². The summed E-state index contributed by atoms with van der Waals surface area (Å²) in [7, 11) is 0. The number of amides is 1. The maximum Gasteiger partial charge on any atom is 0.253 e. The lowest BCUT2D eigenvalue weighted by Gasteiger charge is -2.32. The van der Waals surface area contributed by atoms with Crippen molar-refractivity contribution in [3.63, 3.8) is 0 Å². The Kier molecular flexibility index (Phi) is 5.18. The van der Waals surface area contributed by atoms with Crippen LogP contribution >= 0.6 is 0 Å². The molecule has 29 heavy (non-hydrogen) atoms. The van der Waals surface area contributed by atoms with Crippen molar-refractivity contribution in [1.82, 2.24) is 15.1 Å². The van der Waals surface area contributed by atoms with E-state index in [2.05, 4.69) is 23.2 Å².